The molecule has 2 aliphatic rings. The van der Waals surface area contributed by atoms with Gasteiger partial charge in [0.25, 0.3) is 5.91 Å². The van der Waals surface area contributed by atoms with Crippen LogP contribution in [0.1, 0.15) is 62.2 Å². The van der Waals surface area contributed by atoms with E-state index in [0.29, 0.717) is 29.5 Å². The zero-order valence-electron chi connectivity index (χ0n) is 16.9. The minimum absolute atomic E-state index is 0.0838. The van der Waals surface area contributed by atoms with Gasteiger partial charge in [0.05, 0.1) is 13.0 Å². The van der Waals surface area contributed by atoms with E-state index in [-0.39, 0.29) is 36.8 Å². The molecule has 1 N–H and O–H groups in total. The van der Waals surface area contributed by atoms with Crippen molar-refractivity contribution < 1.29 is 19.1 Å². The van der Waals surface area contributed by atoms with Crippen molar-refractivity contribution in [3.05, 3.63) is 34.9 Å². The lowest BCUT2D eigenvalue weighted by atomic mass is 9.84. The summed E-state index contributed by atoms with van der Waals surface area (Å²) in [5, 5.41) is 3.33. The summed E-state index contributed by atoms with van der Waals surface area (Å²) in [5.74, 6) is -0.321. The molecule has 2 amide bonds. The Morgan fingerprint density at radius 1 is 1.24 bits per heavy atom. The predicted octanol–water partition coefficient (Wildman–Crippen LogP) is 3.57. The van der Waals surface area contributed by atoms with Gasteiger partial charge in [-0.05, 0) is 49.8 Å². The van der Waals surface area contributed by atoms with Gasteiger partial charge in [0, 0.05) is 23.2 Å². The molecule has 1 aliphatic heterocycles. The van der Waals surface area contributed by atoms with Gasteiger partial charge in [-0.2, -0.15) is 0 Å². The third kappa shape index (κ3) is 5.30. The van der Waals surface area contributed by atoms with Crippen LogP contribution in [0.25, 0.3) is 0 Å². The zero-order valence-corrected chi connectivity index (χ0v) is 17.6. The normalized spacial score (nSPS) is 23.4. The first kappa shape index (κ1) is 21.6. The van der Waals surface area contributed by atoms with Gasteiger partial charge in [0.2, 0.25) is 5.91 Å². The molecule has 3 unspecified atom stereocenters. The molecule has 29 heavy (non-hydrogen) atoms. The molecule has 2 fully saturated rings. The van der Waals surface area contributed by atoms with Gasteiger partial charge < -0.3 is 15.0 Å². The van der Waals surface area contributed by atoms with Crippen LogP contribution in [0.3, 0.4) is 0 Å². The average molecular weight is 421 g/mol. The maximum absolute atomic E-state index is 13.3. The van der Waals surface area contributed by atoms with Crippen LogP contribution in [-0.4, -0.2) is 47.9 Å². The molecule has 0 bridgehead atoms. The minimum atomic E-state index is -0.513. The van der Waals surface area contributed by atoms with E-state index in [1.54, 1.807) is 29.2 Å². The Morgan fingerprint density at radius 3 is 2.79 bits per heavy atom. The number of halogens is 1. The van der Waals surface area contributed by atoms with Crippen LogP contribution in [0.15, 0.2) is 24.3 Å². The number of likely N-dealkylation sites (tertiary alicyclic amines) is 1. The number of hydrogen-bond donors (Lipinski definition) is 1. The van der Waals surface area contributed by atoms with Gasteiger partial charge >= 0.3 is 5.97 Å². The van der Waals surface area contributed by atoms with Gasteiger partial charge in [0.15, 0.2) is 0 Å². The molecule has 1 aromatic carbocycles. The lowest BCUT2D eigenvalue weighted by Crippen LogP contribution is -2.49. The molecule has 1 aromatic rings. The molecule has 7 heteroatoms. The number of rotatable bonds is 7. The highest BCUT2D eigenvalue weighted by Gasteiger charge is 2.47. The van der Waals surface area contributed by atoms with E-state index in [0.717, 1.165) is 32.1 Å². The first-order chi connectivity index (χ1) is 14.0. The molecular formula is C22H29ClN2O4. The molecule has 0 radical (unpaired) electrons. The highest BCUT2D eigenvalue weighted by molar-refractivity contribution is 6.31. The van der Waals surface area contributed by atoms with E-state index in [2.05, 4.69) is 5.32 Å². The summed E-state index contributed by atoms with van der Waals surface area (Å²) >= 11 is 6.07. The summed E-state index contributed by atoms with van der Waals surface area (Å²) in [6, 6.07) is 6.44. The van der Waals surface area contributed by atoms with Crippen LogP contribution < -0.4 is 5.32 Å². The van der Waals surface area contributed by atoms with Gasteiger partial charge in [-0.1, -0.05) is 37.4 Å². The van der Waals surface area contributed by atoms with E-state index >= 15 is 0 Å². The highest BCUT2D eigenvalue weighted by atomic mass is 35.5. The molecule has 3 atom stereocenters. The Balaban J connectivity index is 1.69. The number of benzene rings is 1. The number of nitrogens with zero attached hydrogens (tertiary/aromatic N) is 1. The molecule has 1 saturated heterocycles. The van der Waals surface area contributed by atoms with Crippen molar-refractivity contribution in [2.75, 3.05) is 13.2 Å². The van der Waals surface area contributed by atoms with Crippen LogP contribution in [0.4, 0.5) is 0 Å². The minimum Gasteiger partial charge on any atom is -0.466 e. The maximum atomic E-state index is 13.3. The second kappa shape index (κ2) is 10.1. The van der Waals surface area contributed by atoms with Gasteiger partial charge in [-0.25, -0.2) is 0 Å². The monoisotopic (exact) mass is 420 g/mol. The molecule has 158 valence electrons. The smallest absolute Gasteiger partial charge is 0.307 e. The Labute approximate surface area is 176 Å². The summed E-state index contributed by atoms with van der Waals surface area (Å²) < 4.78 is 5.04. The summed E-state index contributed by atoms with van der Waals surface area (Å²) in [6.45, 7) is 2.53. The topological polar surface area (TPSA) is 75.7 Å². The Morgan fingerprint density at radius 2 is 2.03 bits per heavy atom. The van der Waals surface area contributed by atoms with E-state index in [1.165, 1.54) is 0 Å². The number of hydrogen-bond acceptors (Lipinski definition) is 4. The molecule has 0 aromatic heterocycles. The van der Waals surface area contributed by atoms with Crippen LogP contribution in [-0.2, 0) is 14.3 Å². The number of ether oxygens (including phenoxy) is 1. The third-order valence-corrected chi connectivity index (χ3v) is 6.03. The summed E-state index contributed by atoms with van der Waals surface area (Å²) in [7, 11) is 0. The predicted molar refractivity (Wildman–Crippen MR) is 111 cm³/mol. The van der Waals surface area contributed by atoms with Crippen LogP contribution in [0, 0.1) is 5.92 Å². The molecule has 3 rings (SSSR count). The summed E-state index contributed by atoms with van der Waals surface area (Å²) in [5.41, 5.74) is 0.504. The molecule has 1 heterocycles. The van der Waals surface area contributed by atoms with Crippen molar-refractivity contribution in [2.45, 2.75) is 64.0 Å². The Hall–Kier alpha value is -2.08. The van der Waals surface area contributed by atoms with Crippen molar-refractivity contribution in [2.24, 2.45) is 5.92 Å². The highest BCUT2D eigenvalue weighted by Crippen LogP contribution is 2.40. The van der Waals surface area contributed by atoms with E-state index in [4.69, 9.17) is 16.3 Å². The first-order valence-electron chi connectivity index (χ1n) is 10.5. The van der Waals surface area contributed by atoms with E-state index in [9.17, 15) is 14.4 Å². The van der Waals surface area contributed by atoms with E-state index in [1.807, 2.05) is 6.92 Å². The van der Waals surface area contributed by atoms with Crippen molar-refractivity contribution in [3.63, 3.8) is 0 Å². The SMILES string of the molecule is CCCOC(=O)CCNC(=O)C1CC2CCCCC2N1C(=O)c1cccc(Cl)c1. The van der Waals surface area contributed by atoms with Crippen molar-refractivity contribution in [1.82, 2.24) is 10.2 Å². The maximum Gasteiger partial charge on any atom is 0.307 e. The van der Waals surface area contributed by atoms with Gasteiger partial charge in [-0.15, -0.1) is 0 Å². The van der Waals surface area contributed by atoms with Gasteiger partial charge in [0.1, 0.15) is 6.04 Å². The van der Waals surface area contributed by atoms with Crippen molar-refractivity contribution in [1.29, 1.82) is 0 Å². The standard InChI is InChI=1S/C22H29ClN2O4/c1-2-12-29-20(26)10-11-24-21(27)19-14-15-6-3-4-9-18(15)25(19)22(28)16-7-5-8-17(23)13-16/h5,7-8,13,15,18-19H,2-4,6,9-12,14H2,1H3,(H,24,27). The van der Waals surface area contributed by atoms with Crippen LogP contribution in [0.2, 0.25) is 5.02 Å². The van der Waals surface area contributed by atoms with Crippen molar-refractivity contribution >= 4 is 29.4 Å². The number of carbonyl (C=O) groups excluding carboxylic acids is 3. The first-order valence-corrected chi connectivity index (χ1v) is 10.9. The average Bonchev–Trinajstić information content (AvgIpc) is 3.11. The second-order valence-corrected chi connectivity index (χ2v) is 8.28. The number of carbonyl (C=O) groups is 3. The van der Waals surface area contributed by atoms with Crippen molar-refractivity contribution in [3.8, 4) is 0 Å². The number of fused-ring (bicyclic) bond motifs is 1. The molecule has 6 nitrogen and oxygen atoms in total. The zero-order chi connectivity index (χ0) is 20.8. The number of esters is 1. The van der Waals surface area contributed by atoms with Crippen LogP contribution >= 0.6 is 11.6 Å². The van der Waals surface area contributed by atoms with Gasteiger partial charge in [-0.3, -0.25) is 14.4 Å². The summed E-state index contributed by atoms with van der Waals surface area (Å²) in [4.78, 5) is 39.6. The quantitative estimate of drug-likeness (QED) is 0.684. The lowest BCUT2D eigenvalue weighted by Gasteiger charge is -2.33. The molecule has 1 aliphatic carbocycles. The fourth-order valence-corrected chi connectivity index (χ4v) is 4.64. The number of amides is 2. The third-order valence-electron chi connectivity index (χ3n) is 5.79. The van der Waals surface area contributed by atoms with E-state index < -0.39 is 6.04 Å². The van der Waals surface area contributed by atoms with Crippen LogP contribution in [0.5, 0.6) is 0 Å². The number of nitrogens with one attached hydrogen (secondary N) is 1. The fraction of sp³-hybridized carbons (Fsp3) is 0.591. The molecule has 1 saturated carbocycles. The fourth-order valence-electron chi connectivity index (χ4n) is 4.45. The Kier molecular flexibility index (Phi) is 7.53. The molecular weight excluding hydrogens is 392 g/mol. The molecule has 0 spiro atoms. The Bertz CT molecular complexity index is 754. The largest absolute Gasteiger partial charge is 0.466 e. The second-order valence-electron chi connectivity index (χ2n) is 7.85. The summed E-state index contributed by atoms with van der Waals surface area (Å²) in [6.07, 6.45) is 5.73. The lowest BCUT2D eigenvalue weighted by molar-refractivity contribution is -0.143.